The summed E-state index contributed by atoms with van der Waals surface area (Å²) in [5, 5.41) is 10.0. The van der Waals surface area contributed by atoms with E-state index in [2.05, 4.69) is 6.07 Å². The van der Waals surface area contributed by atoms with Crippen molar-refractivity contribution < 1.29 is 4.79 Å². The summed E-state index contributed by atoms with van der Waals surface area (Å²) in [6.07, 6.45) is 6.38. The molecule has 2 aliphatic heterocycles. The van der Waals surface area contributed by atoms with Gasteiger partial charge in [0.1, 0.15) is 6.07 Å². The summed E-state index contributed by atoms with van der Waals surface area (Å²) in [4.78, 5) is 15.3. The van der Waals surface area contributed by atoms with Gasteiger partial charge >= 0.3 is 0 Å². The molecule has 0 radical (unpaired) electrons. The van der Waals surface area contributed by atoms with E-state index in [1.165, 1.54) is 0 Å². The molecule has 2 aliphatic rings. The highest BCUT2D eigenvalue weighted by molar-refractivity contribution is 6.10. The monoisotopic (exact) mass is 312 g/mol. The maximum atomic E-state index is 13.4. The molecule has 2 aromatic rings. The molecule has 2 aromatic carbocycles. The van der Waals surface area contributed by atoms with Crippen molar-refractivity contribution in [2.75, 3.05) is 4.90 Å². The largest absolute Gasteiger partial charge is 0.315 e. The number of hydrogen-bond acceptors (Lipinski definition) is 3. The fourth-order valence-corrected chi connectivity index (χ4v) is 3.54. The van der Waals surface area contributed by atoms with Gasteiger partial charge in [0.05, 0.1) is 5.69 Å². The maximum absolute atomic E-state index is 13.4. The first-order chi connectivity index (χ1) is 11.7. The molecule has 1 unspecified atom stereocenters. The zero-order chi connectivity index (χ0) is 16.7. The predicted molar refractivity (Wildman–Crippen MR) is 94.5 cm³/mol. The van der Waals surface area contributed by atoms with Crippen LogP contribution in [0.15, 0.2) is 66.4 Å². The van der Waals surface area contributed by atoms with E-state index < -0.39 is 5.54 Å². The van der Waals surface area contributed by atoms with Crippen molar-refractivity contribution in [2.45, 2.75) is 18.9 Å². The molecule has 0 fully saturated rings. The van der Waals surface area contributed by atoms with Gasteiger partial charge in [-0.1, -0.05) is 54.6 Å². The van der Waals surface area contributed by atoms with E-state index in [4.69, 9.17) is 0 Å². The Kier molecular flexibility index (Phi) is 3.14. The van der Waals surface area contributed by atoms with E-state index in [1.807, 2.05) is 72.5 Å². The fourth-order valence-electron chi connectivity index (χ4n) is 3.54. The van der Waals surface area contributed by atoms with E-state index in [9.17, 15) is 10.1 Å². The summed E-state index contributed by atoms with van der Waals surface area (Å²) in [6, 6.07) is 17.7. The lowest BCUT2D eigenvalue weighted by Crippen LogP contribution is -2.51. The molecular weight excluding hydrogens is 296 g/mol. The zero-order valence-corrected chi connectivity index (χ0v) is 13.4. The van der Waals surface area contributed by atoms with Crippen LogP contribution in [0.5, 0.6) is 0 Å². The summed E-state index contributed by atoms with van der Waals surface area (Å²) in [7, 11) is 0. The first-order valence-corrected chi connectivity index (χ1v) is 7.96. The highest BCUT2D eigenvalue weighted by Gasteiger charge is 2.50. The Morgan fingerprint density at radius 1 is 1.12 bits per heavy atom. The molecule has 3 heteroatoms. The molecular formula is C21H16N2O. The van der Waals surface area contributed by atoms with Crippen molar-refractivity contribution in [1.29, 1.82) is 5.26 Å². The van der Waals surface area contributed by atoms with Gasteiger partial charge in [0.2, 0.25) is 5.78 Å². The number of hydrogen-bond donors (Lipinski definition) is 0. The smallest absolute Gasteiger partial charge is 0.203 e. The Bertz CT molecular complexity index is 948. The summed E-state index contributed by atoms with van der Waals surface area (Å²) < 4.78 is 0. The van der Waals surface area contributed by atoms with Gasteiger partial charge in [-0.05, 0) is 30.2 Å². The van der Waals surface area contributed by atoms with Crippen LogP contribution in [0.4, 0.5) is 5.69 Å². The molecule has 3 nitrogen and oxygen atoms in total. The molecule has 24 heavy (non-hydrogen) atoms. The minimum atomic E-state index is -1.22. The van der Waals surface area contributed by atoms with Crippen LogP contribution in [0.2, 0.25) is 0 Å². The molecule has 0 saturated heterocycles. The van der Waals surface area contributed by atoms with E-state index in [0.29, 0.717) is 12.0 Å². The fraction of sp³-hybridized carbons (Fsp3) is 0.143. The van der Waals surface area contributed by atoms with Crippen molar-refractivity contribution in [3.05, 3.63) is 83.1 Å². The molecule has 2 heterocycles. The summed E-state index contributed by atoms with van der Waals surface area (Å²) in [6.45, 7) is 1.91. The molecule has 0 aliphatic carbocycles. The number of ketones is 1. The van der Waals surface area contributed by atoms with Gasteiger partial charge in [-0.15, -0.1) is 0 Å². The minimum absolute atomic E-state index is 0.139. The van der Waals surface area contributed by atoms with Gasteiger partial charge in [0.25, 0.3) is 0 Å². The van der Waals surface area contributed by atoms with Crippen molar-refractivity contribution in [3.8, 4) is 6.07 Å². The summed E-state index contributed by atoms with van der Waals surface area (Å²) in [5.74, 6) is -0.139. The van der Waals surface area contributed by atoms with E-state index in [1.54, 1.807) is 6.07 Å². The number of aryl methyl sites for hydroxylation is 1. The first-order valence-electron chi connectivity index (χ1n) is 7.96. The number of nitriles is 1. The average Bonchev–Trinajstić information content (AvgIpc) is 3.02. The molecule has 0 aromatic heterocycles. The highest BCUT2D eigenvalue weighted by Crippen LogP contribution is 2.44. The number of Topliss-reactive ketones (excluding diaryl/α,β-unsaturated/α-hetero) is 1. The number of anilines is 1. The number of para-hydroxylation sites is 1. The van der Waals surface area contributed by atoms with Crippen LogP contribution < -0.4 is 4.90 Å². The van der Waals surface area contributed by atoms with Gasteiger partial charge in [-0.2, -0.15) is 5.26 Å². The van der Waals surface area contributed by atoms with Gasteiger partial charge in [0, 0.05) is 17.7 Å². The summed E-state index contributed by atoms with van der Waals surface area (Å²) in [5.41, 5.74) is 3.13. The highest BCUT2D eigenvalue weighted by atomic mass is 16.1. The number of rotatable bonds is 2. The van der Waals surface area contributed by atoms with Crippen LogP contribution in [0.1, 0.15) is 27.9 Å². The van der Waals surface area contributed by atoms with Crippen LogP contribution in [-0.4, -0.2) is 11.3 Å². The number of fused-ring (bicyclic) bond motifs is 3. The Labute approximate surface area is 141 Å². The lowest BCUT2D eigenvalue weighted by molar-refractivity contribution is 0.0929. The normalized spacial score (nSPS) is 20.8. The van der Waals surface area contributed by atoms with Crippen molar-refractivity contribution in [2.24, 2.45) is 0 Å². The second kappa shape index (κ2) is 5.21. The molecule has 0 amide bonds. The molecule has 0 bridgehead atoms. The van der Waals surface area contributed by atoms with Crippen LogP contribution in [0, 0.1) is 18.3 Å². The SMILES string of the molecule is Cc1ccccc1C(=O)C1(C#N)CC=C2C=Cc3ccccc3N21. The molecule has 0 N–H and O–H groups in total. The molecule has 4 rings (SSSR count). The number of benzene rings is 2. The topological polar surface area (TPSA) is 44.1 Å². The Balaban J connectivity index is 1.88. The number of nitrogens with zero attached hydrogens (tertiary/aromatic N) is 2. The molecule has 0 spiro atoms. The molecule has 116 valence electrons. The van der Waals surface area contributed by atoms with Crippen LogP contribution >= 0.6 is 0 Å². The standard InChI is InChI=1S/C21H16N2O/c1-15-6-2-4-8-18(15)20(24)21(14-22)13-12-17-11-10-16-7-3-5-9-19(16)23(17)21/h2-12H,13H2,1H3. The quantitative estimate of drug-likeness (QED) is 0.778. The lowest BCUT2D eigenvalue weighted by atomic mass is 9.85. The second-order valence-corrected chi connectivity index (χ2v) is 6.18. The van der Waals surface area contributed by atoms with Crippen LogP contribution in [0.25, 0.3) is 6.08 Å². The number of carbonyl (C=O) groups excluding carboxylic acids is 1. The second-order valence-electron chi connectivity index (χ2n) is 6.18. The first kappa shape index (κ1) is 14.5. The maximum Gasteiger partial charge on any atom is 0.203 e. The Hall–Kier alpha value is -3.12. The zero-order valence-electron chi connectivity index (χ0n) is 13.4. The number of allylic oxidation sites excluding steroid dienone is 1. The average molecular weight is 312 g/mol. The third-order valence-electron chi connectivity index (χ3n) is 4.81. The molecule has 0 saturated carbocycles. The van der Waals surface area contributed by atoms with Gasteiger partial charge in [0.15, 0.2) is 5.54 Å². The summed E-state index contributed by atoms with van der Waals surface area (Å²) >= 11 is 0. The Morgan fingerprint density at radius 3 is 2.67 bits per heavy atom. The van der Waals surface area contributed by atoms with Crippen molar-refractivity contribution in [1.82, 2.24) is 0 Å². The van der Waals surface area contributed by atoms with Crippen molar-refractivity contribution in [3.63, 3.8) is 0 Å². The van der Waals surface area contributed by atoms with Crippen molar-refractivity contribution >= 4 is 17.5 Å². The van der Waals surface area contributed by atoms with E-state index in [0.717, 1.165) is 22.5 Å². The van der Waals surface area contributed by atoms with Crippen LogP contribution in [0.3, 0.4) is 0 Å². The van der Waals surface area contributed by atoms with E-state index in [-0.39, 0.29) is 5.78 Å². The number of carbonyl (C=O) groups is 1. The third kappa shape index (κ3) is 1.87. The lowest BCUT2D eigenvalue weighted by Gasteiger charge is -2.37. The van der Waals surface area contributed by atoms with Crippen LogP contribution in [-0.2, 0) is 0 Å². The third-order valence-corrected chi connectivity index (χ3v) is 4.81. The Morgan fingerprint density at radius 2 is 1.88 bits per heavy atom. The molecule has 1 atom stereocenters. The van der Waals surface area contributed by atoms with Gasteiger partial charge in [-0.25, -0.2) is 0 Å². The minimum Gasteiger partial charge on any atom is -0.315 e. The van der Waals surface area contributed by atoms with Gasteiger partial charge < -0.3 is 4.90 Å². The van der Waals surface area contributed by atoms with Gasteiger partial charge in [-0.3, -0.25) is 4.79 Å². The predicted octanol–water partition coefficient (Wildman–Crippen LogP) is 4.26. The van der Waals surface area contributed by atoms with E-state index >= 15 is 0 Å².